The predicted molar refractivity (Wildman–Crippen MR) is 143 cm³/mol. The van der Waals surface area contributed by atoms with Crippen LogP contribution >= 0.6 is 0 Å². The van der Waals surface area contributed by atoms with Gasteiger partial charge in [0.05, 0.1) is 24.1 Å². The molecule has 0 aliphatic carbocycles. The zero-order valence-electron chi connectivity index (χ0n) is 21.9. The zero-order valence-corrected chi connectivity index (χ0v) is 22.7. The predicted octanol–water partition coefficient (Wildman–Crippen LogP) is 3.46. The number of sulfonamides is 1. The van der Waals surface area contributed by atoms with E-state index >= 15 is 0 Å². The van der Waals surface area contributed by atoms with Crippen molar-refractivity contribution in [2.75, 3.05) is 49.6 Å². The first kappa shape index (κ1) is 28.2. The second kappa shape index (κ2) is 10.9. The highest BCUT2D eigenvalue weighted by Crippen LogP contribution is 2.36. The summed E-state index contributed by atoms with van der Waals surface area (Å²) in [5.41, 5.74) is -0.532. The fourth-order valence-corrected chi connectivity index (χ4v) is 6.35. The van der Waals surface area contributed by atoms with Crippen molar-refractivity contribution < 1.29 is 35.9 Å². The number of pyridine rings is 1. The van der Waals surface area contributed by atoms with Crippen LogP contribution in [-0.4, -0.2) is 80.4 Å². The third-order valence-corrected chi connectivity index (χ3v) is 8.74. The second-order valence-electron chi connectivity index (χ2n) is 9.40. The number of hydrogen-bond donors (Lipinski definition) is 0. The summed E-state index contributed by atoms with van der Waals surface area (Å²) < 4.78 is 73.4. The molecule has 41 heavy (non-hydrogen) atoms. The molecule has 3 heterocycles. The van der Waals surface area contributed by atoms with E-state index in [4.69, 9.17) is 4.74 Å². The van der Waals surface area contributed by atoms with Gasteiger partial charge in [0.25, 0.3) is 10.0 Å². The molecule has 2 fully saturated rings. The summed E-state index contributed by atoms with van der Waals surface area (Å²) in [5.74, 6) is -0.448. The summed E-state index contributed by atoms with van der Waals surface area (Å²) in [6, 6.07) is 14.0. The molecule has 2 aromatic carbocycles. The first-order valence-corrected chi connectivity index (χ1v) is 14.1. The van der Waals surface area contributed by atoms with E-state index in [9.17, 15) is 31.2 Å². The number of carbonyl (C=O) groups excluding carboxylic acids is 2. The van der Waals surface area contributed by atoms with Crippen molar-refractivity contribution in [3.05, 3.63) is 78.5 Å². The topological polar surface area (TPSA) is 103 Å². The quantitative estimate of drug-likeness (QED) is 0.434. The van der Waals surface area contributed by atoms with Crippen LogP contribution in [0.15, 0.2) is 77.8 Å². The van der Waals surface area contributed by atoms with Crippen molar-refractivity contribution in [2.24, 2.45) is 0 Å². The Labute approximate surface area is 234 Å². The zero-order chi connectivity index (χ0) is 29.4. The summed E-state index contributed by atoms with van der Waals surface area (Å²) in [6.07, 6.45) is -3.31. The monoisotopic (exact) mass is 589 g/mol. The number of alkyl halides is 3. The SMILES string of the molecule is COc1cccc(S(=O)(=O)N2CC(C(=O)N3CCN(c4ncccc4C(F)(F)F)CC3)N(c3ccccc3)C2=O)c1. The van der Waals surface area contributed by atoms with Gasteiger partial charge in [0, 0.05) is 44.1 Å². The maximum atomic E-state index is 13.8. The number of amides is 3. The van der Waals surface area contributed by atoms with Gasteiger partial charge < -0.3 is 14.5 Å². The molecular weight excluding hydrogens is 563 g/mol. The van der Waals surface area contributed by atoms with Gasteiger partial charge in [-0.25, -0.2) is 22.5 Å². The lowest BCUT2D eigenvalue weighted by Gasteiger charge is -2.38. The van der Waals surface area contributed by atoms with Crippen LogP contribution in [-0.2, 0) is 21.0 Å². The van der Waals surface area contributed by atoms with E-state index in [1.165, 1.54) is 47.4 Å². The van der Waals surface area contributed by atoms with E-state index in [1.54, 1.807) is 36.4 Å². The van der Waals surface area contributed by atoms with Gasteiger partial charge in [-0.05, 0) is 36.4 Å². The molecular formula is C27H26F3N5O5S. The number of carbonyl (C=O) groups is 2. The molecule has 2 aliphatic rings. The van der Waals surface area contributed by atoms with E-state index in [-0.39, 0.29) is 42.6 Å². The lowest BCUT2D eigenvalue weighted by atomic mass is 10.1. The van der Waals surface area contributed by atoms with Crippen molar-refractivity contribution >= 4 is 33.5 Å². The molecule has 3 amide bonds. The lowest BCUT2D eigenvalue weighted by Crippen LogP contribution is -2.55. The molecule has 0 radical (unpaired) electrons. The summed E-state index contributed by atoms with van der Waals surface area (Å²) in [6.45, 7) is -0.177. The highest BCUT2D eigenvalue weighted by Gasteiger charge is 2.49. The second-order valence-corrected chi connectivity index (χ2v) is 11.3. The first-order valence-electron chi connectivity index (χ1n) is 12.6. The Morgan fingerprint density at radius 1 is 0.976 bits per heavy atom. The van der Waals surface area contributed by atoms with E-state index in [2.05, 4.69) is 4.98 Å². The smallest absolute Gasteiger partial charge is 0.419 e. The van der Waals surface area contributed by atoms with Gasteiger partial charge >= 0.3 is 12.2 Å². The Morgan fingerprint density at radius 3 is 2.34 bits per heavy atom. The maximum absolute atomic E-state index is 13.8. The Bertz CT molecular complexity index is 1550. The molecule has 0 N–H and O–H groups in total. The minimum absolute atomic E-state index is 0.0582. The Hall–Kier alpha value is -4.33. The molecule has 0 bridgehead atoms. The van der Waals surface area contributed by atoms with Gasteiger partial charge in [0.15, 0.2) is 0 Å². The van der Waals surface area contributed by atoms with Crippen LogP contribution in [0.4, 0.5) is 29.5 Å². The minimum Gasteiger partial charge on any atom is -0.497 e. The number of urea groups is 1. The molecule has 14 heteroatoms. The van der Waals surface area contributed by atoms with E-state index in [1.807, 2.05) is 0 Å². The molecule has 10 nitrogen and oxygen atoms in total. The van der Waals surface area contributed by atoms with Gasteiger partial charge in [0.1, 0.15) is 17.6 Å². The number of nitrogens with zero attached hydrogens (tertiary/aromatic N) is 5. The highest BCUT2D eigenvalue weighted by molar-refractivity contribution is 7.89. The fraction of sp³-hybridized carbons (Fsp3) is 0.296. The molecule has 216 valence electrons. The number of para-hydroxylation sites is 1. The number of anilines is 2. The van der Waals surface area contributed by atoms with Crippen LogP contribution in [0.1, 0.15) is 5.56 Å². The number of methoxy groups -OCH3 is 1. The van der Waals surface area contributed by atoms with Gasteiger partial charge in [-0.15, -0.1) is 0 Å². The first-order chi connectivity index (χ1) is 19.5. The molecule has 0 spiro atoms. The third kappa shape index (κ3) is 5.38. The number of piperazine rings is 1. The van der Waals surface area contributed by atoms with Gasteiger partial charge in [0.2, 0.25) is 5.91 Å². The van der Waals surface area contributed by atoms with Crippen molar-refractivity contribution in [2.45, 2.75) is 17.1 Å². The number of aromatic nitrogens is 1. The van der Waals surface area contributed by atoms with Crippen LogP contribution in [0.3, 0.4) is 0 Å². The summed E-state index contributed by atoms with van der Waals surface area (Å²) in [4.78, 5) is 35.2. The van der Waals surface area contributed by atoms with Crippen LogP contribution in [0.2, 0.25) is 0 Å². The van der Waals surface area contributed by atoms with Crippen molar-refractivity contribution in [3.63, 3.8) is 0 Å². The van der Waals surface area contributed by atoms with Crippen molar-refractivity contribution in [1.82, 2.24) is 14.2 Å². The number of hydrogen-bond acceptors (Lipinski definition) is 7. The fourth-order valence-electron chi connectivity index (χ4n) is 4.95. The van der Waals surface area contributed by atoms with Crippen LogP contribution in [0.5, 0.6) is 5.75 Å². The molecule has 5 rings (SSSR count). The summed E-state index contributed by atoms with van der Waals surface area (Å²) >= 11 is 0. The Balaban J connectivity index is 1.40. The van der Waals surface area contributed by atoms with Gasteiger partial charge in [-0.2, -0.15) is 13.2 Å². The van der Waals surface area contributed by atoms with E-state index in [0.717, 1.165) is 11.0 Å². The van der Waals surface area contributed by atoms with Crippen LogP contribution in [0, 0.1) is 0 Å². The average molecular weight is 590 g/mol. The van der Waals surface area contributed by atoms with Crippen molar-refractivity contribution in [1.29, 1.82) is 0 Å². The highest BCUT2D eigenvalue weighted by atomic mass is 32.2. The average Bonchev–Trinajstić information content (AvgIpc) is 3.34. The number of rotatable bonds is 6. The molecule has 2 aliphatic heterocycles. The summed E-state index contributed by atoms with van der Waals surface area (Å²) in [7, 11) is -2.97. The van der Waals surface area contributed by atoms with Gasteiger partial charge in [-0.1, -0.05) is 24.3 Å². The van der Waals surface area contributed by atoms with Crippen LogP contribution < -0.4 is 14.5 Å². The number of ether oxygens (including phenoxy) is 1. The van der Waals surface area contributed by atoms with Crippen LogP contribution in [0.25, 0.3) is 0 Å². The minimum atomic E-state index is -4.59. The normalized spacial score (nSPS) is 18.1. The molecule has 1 unspecified atom stereocenters. The number of benzene rings is 2. The number of halogens is 3. The van der Waals surface area contributed by atoms with Crippen molar-refractivity contribution in [3.8, 4) is 5.75 Å². The largest absolute Gasteiger partial charge is 0.497 e. The maximum Gasteiger partial charge on any atom is 0.419 e. The standard InChI is InChI=1S/C27H26F3N5O5S/c1-40-20-9-5-10-21(17-20)41(38,39)34-18-23(35(26(34)37)19-7-3-2-4-8-19)25(36)33-15-13-32(14-16-33)24-22(27(28,29)30)11-6-12-31-24/h2-12,17,23H,13-16,18H2,1H3. The summed E-state index contributed by atoms with van der Waals surface area (Å²) in [5, 5.41) is 0. The molecule has 1 atom stereocenters. The molecule has 2 saturated heterocycles. The third-order valence-electron chi connectivity index (χ3n) is 7.00. The molecule has 3 aromatic rings. The van der Waals surface area contributed by atoms with Gasteiger partial charge in [-0.3, -0.25) is 9.69 Å². The van der Waals surface area contributed by atoms with E-state index < -0.39 is 46.3 Å². The van der Waals surface area contributed by atoms with E-state index in [0.29, 0.717) is 9.99 Å². The Kier molecular flexibility index (Phi) is 7.51. The lowest BCUT2D eigenvalue weighted by molar-refractivity contribution is -0.137. The molecule has 0 saturated carbocycles. The Morgan fingerprint density at radius 2 is 1.68 bits per heavy atom. The molecule has 1 aromatic heterocycles.